The van der Waals surface area contributed by atoms with Crippen LogP contribution in [0.3, 0.4) is 0 Å². The van der Waals surface area contributed by atoms with Gasteiger partial charge >= 0.3 is 0 Å². The molecule has 0 fully saturated rings. The van der Waals surface area contributed by atoms with Gasteiger partial charge in [-0.25, -0.2) is 4.98 Å². The molecule has 0 aliphatic rings. The van der Waals surface area contributed by atoms with Gasteiger partial charge < -0.3 is 4.98 Å². The molecule has 1 rings (SSSR count). The second kappa shape index (κ2) is 3.28. The first-order valence-electron chi connectivity index (χ1n) is 1.43. The standard InChI is InChI=1S/C3H4N2.In/c1-2-5-3-4-1;/h1-3H,(H,4,5);. The first-order valence-corrected chi connectivity index (χ1v) is 1.43. The van der Waals surface area contributed by atoms with Crippen molar-refractivity contribution in [1.82, 2.24) is 9.97 Å². The van der Waals surface area contributed by atoms with Crippen molar-refractivity contribution in [3.05, 3.63) is 18.7 Å². The van der Waals surface area contributed by atoms with Gasteiger partial charge in [0.1, 0.15) is 0 Å². The maximum atomic E-state index is 3.67. The maximum Gasteiger partial charge on any atom is 0.0919 e. The minimum atomic E-state index is 0. The molecule has 0 amide bonds. The van der Waals surface area contributed by atoms with Crippen molar-refractivity contribution >= 4 is 25.8 Å². The van der Waals surface area contributed by atoms with Gasteiger partial charge in [0.25, 0.3) is 0 Å². The van der Waals surface area contributed by atoms with Crippen LogP contribution < -0.4 is 0 Å². The van der Waals surface area contributed by atoms with Crippen molar-refractivity contribution in [2.45, 2.75) is 0 Å². The molecule has 0 spiro atoms. The molecule has 3 radical (unpaired) electrons. The van der Waals surface area contributed by atoms with Crippen LogP contribution in [0.25, 0.3) is 0 Å². The number of imidazole rings is 1. The van der Waals surface area contributed by atoms with Crippen molar-refractivity contribution in [2.24, 2.45) is 0 Å². The molecule has 29 valence electrons. The number of hydrogen-bond donors (Lipinski definition) is 1. The van der Waals surface area contributed by atoms with Crippen LogP contribution in [0.15, 0.2) is 18.7 Å². The van der Waals surface area contributed by atoms with E-state index in [0.717, 1.165) is 0 Å². The molecule has 1 heterocycles. The van der Waals surface area contributed by atoms with Gasteiger partial charge in [-0.15, -0.1) is 0 Å². The van der Waals surface area contributed by atoms with E-state index in [0.29, 0.717) is 0 Å². The summed E-state index contributed by atoms with van der Waals surface area (Å²) in [6, 6.07) is 0. The first kappa shape index (κ1) is 6.08. The predicted molar refractivity (Wildman–Crippen MR) is 24.3 cm³/mol. The third-order valence-electron chi connectivity index (χ3n) is 0.406. The molecule has 1 N–H and O–H groups in total. The Hall–Kier alpha value is 0.0801. The van der Waals surface area contributed by atoms with Gasteiger partial charge in [0.15, 0.2) is 0 Å². The minimum absolute atomic E-state index is 0. The average molecular weight is 183 g/mol. The fourth-order valence-corrected chi connectivity index (χ4v) is 0.215. The molecule has 0 bridgehead atoms. The van der Waals surface area contributed by atoms with Gasteiger partial charge in [0, 0.05) is 38.2 Å². The van der Waals surface area contributed by atoms with Crippen LogP contribution in [-0.4, -0.2) is 35.8 Å². The summed E-state index contributed by atoms with van der Waals surface area (Å²) < 4.78 is 0. The molecule has 0 aliphatic carbocycles. The van der Waals surface area contributed by atoms with E-state index in [2.05, 4.69) is 9.97 Å². The average Bonchev–Trinajstić information content (AvgIpc) is 1.76. The van der Waals surface area contributed by atoms with Gasteiger partial charge in [0.05, 0.1) is 6.33 Å². The molecule has 0 atom stereocenters. The van der Waals surface area contributed by atoms with Crippen LogP contribution in [0, 0.1) is 0 Å². The molecule has 0 saturated heterocycles. The molecule has 1 aromatic heterocycles. The Morgan fingerprint density at radius 1 is 1.50 bits per heavy atom. The number of nitrogens with one attached hydrogen (secondary N) is 1. The van der Waals surface area contributed by atoms with Crippen LogP contribution in [0.1, 0.15) is 0 Å². The van der Waals surface area contributed by atoms with E-state index in [1.807, 2.05) is 0 Å². The summed E-state index contributed by atoms with van der Waals surface area (Å²) in [5.74, 6) is 0. The molecule has 1 aromatic rings. The smallest absolute Gasteiger partial charge is 0.0919 e. The third-order valence-corrected chi connectivity index (χ3v) is 0.406. The Kier molecular flexibility index (Phi) is 3.32. The molecule has 3 heteroatoms. The summed E-state index contributed by atoms with van der Waals surface area (Å²) in [4.78, 5) is 6.42. The summed E-state index contributed by atoms with van der Waals surface area (Å²) in [5, 5.41) is 0. The Labute approximate surface area is 54.8 Å². The van der Waals surface area contributed by atoms with Crippen LogP contribution in [-0.2, 0) is 0 Å². The topological polar surface area (TPSA) is 28.7 Å². The quantitative estimate of drug-likeness (QED) is 0.603. The largest absolute Gasteiger partial charge is 0.351 e. The Bertz CT molecular complexity index is 65.3. The number of nitrogens with zero attached hydrogens (tertiary/aromatic N) is 1. The van der Waals surface area contributed by atoms with E-state index in [9.17, 15) is 0 Å². The maximum absolute atomic E-state index is 3.67. The van der Waals surface area contributed by atoms with Crippen molar-refractivity contribution in [1.29, 1.82) is 0 Å². The normalized spacial score (nSPS) is 6.67. The van der Waals surface area contributed by atoms with Gasteiger partial charge in [-0.1, -0.05) is 0 Å². The van der Waals surface area contributed by atoms with E-state index in [1.54, 1.807) is 18.7 Å². The van der Waals surface area contributed by atoms with Crippen molar-refractivity contribution in [2.75, 3.05) is 0 Å². The molecular weight excluding hydrogens is 179 g/mol. The Morgan fingerprint density at radius 2 is 2.33 bits per heavy atom. The predicted octanol–water partition coefficient (Wildman–Crippen LogP) is 0.0289. The molecule has 0 unspecified atom stereocenters. The van der Waals surface area contributed by atoms with E-state index in [4.69, 9.17) is 0 Å². The van der Waals surface area contributed by atoms with Crippen molar-refractivity contribution in [3.8, 4) is 0 Å². The molecule has 0 aromatic carbocycles. The van der Waals surface area contributed by atoms with Crippen LogP contribution in [0.4, 0.5) is 0 Å². The zero-order valence-electron chi connectivity index (χ0n) is 3.26. The summed E-state index contributed by atoms with van der Waals surface area (Å²) in [5.41, 5.74) is 0. The SMILES string of the molecule is [In].c1c[nH]cn1. The van der Waals surface area contributed by atoms with Gasteiger partial charge in [0.2, 0.25) is 0 Å². The zero-order chi connectivity index (χ0) is 3.54. The second-order valence-electron chi connectivity index (χ2n) is 0.761. The Morgan fingerprint density at radius 3 is 2.50 bits per heavy atom. The summed E-state index contributed by atoms with van der Waals surface area (Å²) >= 11 is 0. The van der Waals surface area contributed by atoms with Gasteiger partial charge in [-0.05, 0) is 0 Å². The molecule has 0 aliphatic heterocycles. The number of aromatic nitrogens is 2. The summed E-state index contributed by atoms with van der Waals surface area (Å²) in [6.45, 7) is 0. The van der Waals surface area contributed by atoms with Crippen molar-refractivity contribution < 1.29 is 0 Å². The van der Waals surface area contributed by atoms with E-state index >= 15 is 0 Å². The van der Waals surface area contributed by atoms with Crippen LogP contribution >= 0.6 is 0 Å². The summed E-state index contributed by atoms with van der Waals surface area (Å²) in [7, 11) is 0. The second-order valence-corrected chi connectivity index (χ2v) is 0.761. The van der Waals surface area contributed by atoms with Crippen LogP contribution in [0.2, 0.25) is 0 Å². The number of H-pyrrole nitrogens is 1. The fraction of sp³-hybridized carbons (Fsp3) is 0. The number of aromatic amines is 1. The molecule has 0 saturated carbocycles. The minimum Gasteiger partial charge on any atom is -0.351 e. The number of hydrogen-bond acceptors (Lipinski definition) is 1. The monoisotopic (exact) mass is 183 g/mol. The molecule has 2 nitrogen and oxygen atoms in total. The third kappa shape index (κ3) is 1.50. The van der Waals surface area contributed by atoms with Gasteiger partial charge in [-0.3, -0.25) is 0 Å². The van der Waals surface area contributed by atoms with Gasteiger partial charge in [-0.2, -0.15) is 0 Å². The Balaban J connectivity index is 0.000000250. The zero-order valence-corrected chi connectivity index (χ0v) is 6.55. The van der Waals surface area contributed by atoms with Crippen molar-refractivity contribution in [3.63, 3.8) is 0 Å². The summed E-state index contributed by atoms with van der Waals surface area (Å²) in [6.07, 6.45) is 5.08. The van der Waals surface area contributed by atoms with E-state index in [-0.39, 0.29) is 25.8 Å². The van der Waals surface area contributed by atoms with E-state index < -0.39 is 0 Å². The molecule has 6 heavy (non-hydrogen) atoms. The first-order chi connectivity index (χ1) is 2.50. The van der Waals surface area contributed by atoms with Crippen LogP contribution in [0.5, 0.6) is 0 Å². The fourth-order valence-electron chi connectivity index (χ4n) is 0.215. The molecular formula is C3H4InN2. The van der Waals surface area contributed by atoms with E-state index in [1.165, 1.54) is 0 Å². The number of rotatable bonds is 0.